The molecule has 0 saturated carbocycles. The topological polar surface area (TPSA) is 39.5 Å². The quantitative estimate of drug-likeness (QED) is 0.641. The summed E-state index contributed by atoms with van der Waals surface area (Å²) in [4.78, 5) is 4.72. The van der Waals surface area contributed by atoms with E-state index >= 15 is 0 Å². The summed E-state index contributed by atoms with van der Waals surface area (Å²) < 4.78 is 6.18. The van der Waals surface area contributed by atoms with Gasteiger partial charge in [-0.25, -0.2) is 0 Å². The van der Waals surface area contributed by atoms with Crippen molar-refractivity contribution < 1.29 is 4.74 Å². The molecule has 29 heavy (non-hydrogen) atoms. The van der Waals surface area contributed by atoms with Gasteiger partial charge in [-0.1, -0.05) is 37.6 Å². The first-order chi connectivity index (χ1) is 14.1. The van der Waals surface area contributed by atoms with Crippen molar-refractivity contribution in [2.24, 2.45) is 5.92 Å². The molecule has 2 aromatic carbocycles. The molecule has 0 spiro atoms. The minimum Gasteiger partial charge on any atom is -0.492 e. The monoisotopic (exact) mass is 391 g/mol. The van der Waals surface area contributed by atoms with Crippen molar-refractivity contribution >= 4 is 5.69 Å². The third-order valence-electron chi connectivity index (χ3n) is 5.94. The minimum absolute atomic E-state index is 0.414. The molecule has 2 aromatic rings. The molecule has 0 aliphatic carbocycles. The number of nitrogens with zero attached hydrogens (tertiary/aromatic N) is 3. The maximum absolute atomic E-state index is 9.35. The molecule has 1 aliphatic rings. The van der Waals surface area contributed by atoms with Crippen LogP contribution in [0, 0.1) is 17.2 Å². The normalized spacial score (nSPS) is 19.5. The summed E-state index contributed by atoms with van der Waals surface area (Å²) in [7, 11) is 4.15. The molecule has 0 amide bonds. The van der Waals surface area contributed by atoms with Crippen LogP contribution in [0.25, 0.3) is 0 Å². The first-order valence-corrected chi connectivity index (χ1v) is 10.7. The van der Waals surface area contributed by atoms with Crippen molar-refractivity contribution in [1.82, 2.24) is 4.90 Å². The molecule has 0 bridgehead atoms. The van der Waals surface area contributed by atoms with Gasteiger partial charge in [0, 0.05) is 32.2 Å². The fourth-order valence-corrected chi connectivity index (χ4v) is 4.20. The van der Waals surface area contributed by atoms with Crippen molar-refractivity contribution in [1.29, 1.82) is 5.26 Å². The lowest BCUT2D eigenvalue weighted by atomic mass is 9.80. The van der Waals surface area contributed by atoms with E-state index in [1.165, 1.54) is 24.1 Å². The zero-order valence-electron chi connectivity index (χ0n) is 18.0. The number of unbranched alkanes of at least 4 members (excludes halogenated alkanes) is 1. The summed E-state index contributed by atoms with van der Waals surface area (Å²) in [5.41, 5.74) is 3.23. The fourth-order valence-electron chi connectivity index (χ4n) is 4.20. The van der Waals surface area contributed by atoms with Crippen molar-refractivity contribution in [2.75, 3.05) is 45.2 Å². The Morgan fingerprint density at radius 3 is 2.59 bits per heavy atom. The molecule has 1 heterocycles. The zero-order chi connectivity index (χ0) is 20.6. The van der Waals surface area contributed by atoms with Crippen molar-refractivity contribution in [3.63, 3.8) is 0 Å². The van der Waals surface area contributed by atoms with Crippen LogP contribution in [0.15, 0.2) is 48.5 Å². The van der Waals surface area contributed by atoms with Gasteiger partial charge < -0.3 is 14.5 Å². The Kier molecular flexibility index (Phi) is 7.55. The van der Waals surface area contributed by atoms with Gasteiger partial charge in [0.2, 0.25) is 0 Å². The predicted octanol–water partition coefficient (Wildman–Crippen LogP) is 4.91. The molecular weight excluding hydrogens is 358 g/mol. The molecule has 0 unspecified atom stereocenters. The molecule has 0 aromatic heterocycles. The number of hydrogen-bond acceptors (Lipinski definition) is 4. The van der Waals surface area contributed by atoms with Crippen molar-refractivity contribution in [3.05, 3.63) is 59.7 Å². The number of rotatable bonds is 8. The van der Waals surface area contributed by atoms with Gasteiger partial charge in [0.25, 0.3) is 0 Å². The number of piperidine rings is 1. The van der Waals surface area contributed by atoms with Crippen molar-refractivity contribution in [2.45, 2.75) is 32.1 Å². The van der Waals surface area contributed by atoms with Crippen LogP contribution in [0.2, 0.25) is 0 Å². The van der Waals surface area contributed by atoms with E-state index in [0.29, 0.717) is 29.8 Å². The zero-order valence-corrected chi connectivity index (χ0v) is 18.0. The Bertz CT molecular complexity index is 810. The van der Waals surface area contributed by atoms with Crippen LogP contribution in [0.1, 0.15) is 43.2 Å². The van der Waals surface area contributed by atoms with Gasteiger partial charge >= 0.3 is 0 Å². The lowest BCUT2D eigenvalue weighted by molar-refractivity contribution is 0.110. The van der Waals surface area contributed by atoms with Crippen molar-refractivity contribution in [3.8, 4) is 11.8 Å². The summed E-state index contributed by atoms with van der Waals surface area (Å²) in [6.45, 7) is 6.24. The molecule has 4 heteroatoms. The van der Waals surface area contributed by atoms with Gasteiger partial charge in [-0.15, -0.1) is 0 Å². The number of para-hydroxylation sites is 1. The fraction of sp³-hybridized carbons (Fsp3) is 0.480. The summed E-state index contributed by atoms with van der Waals surface area (Å²) in [6, 6.07) is 18.7. The highest BCUT2D eigenvalue weighted by molar-refractivity contribution is 5.47. The Labute approximate surface area is 175 Å². The smallest absolute Gasteiger partial charge is 0.137 e. The van der Waals surface area contributed by atoms with Gasteiger partial charge in [-0.2, -0.15) is 5.26 Å². The second-order valence-electron chi connectivity index (χ2n) is 8.21. The molecule has 4 nitrogen and oxygen atoms in total. The maximum Gasteiger partial charge on any atom is 0.137 e. The summed E-state index contributed by atoms with van der Waals surface area (Å²) >= 11 is 0. The predicted molar refractivity (Wildman–Crippen MR) is 120 cm³/mol. The molecule has 0 N–H and O–H groups in total. The maximum atomic E-state index is 9.35. The summed E-state index contributed by atoms with van der Waals surface area (Å²) in [5.74, 6) is 1.60. The van der Waals surface area contributed by atoms with E-state index in [1.54, 1.807) is 0 Å². The molecule has 1 fully saturated rings. The Balaban J connectivity index is 1.75. The minimum atomic E-state index is 0.414. The third kappa shape index (κ3) is 5.52. The van der Waals surface area contributed by atoms with E-state index in [0.717, 1.165) is 26.1 Å². The standard InChI is InChI=1S/C25H33N3O/c1-4-5-15-28-16-14-24(20-10-12-23(13-11-20)27(2)3)22(18-28)19-29-25-9-7-6-8-21(25)17-26/h6-13,22,24H,4-5,14-16,18-19H2,1-3H3/t22-,24-/m0/s1. The lowest BCUT2D eigenvalue weighted by Crippen LogP contribution is -2.42. The molecule has 3 rings (SSSR count). The average molecular weight is 392 g/mol. The van der Waals surface area contributed by atoms with Crippen LogP contribution >= 0.6 is 0 Å². The van der Waals surface area contributed by atoms with E-state index in [4.69, 9.17) is 4.74 Å². The first kappa shape index (κ1) is 21.2. The van der Waals surface area contributed by atoms with Crippen LogP contribution < -0.4 is 9.64 Å². The van der Waals surface area contributed by atoms with Crippen LogP contribution in [0.4, 0.5) is 5.69 Å². The van der Waals surface area contributed by atoms with Gasteiger partial charge in [-0.3, -0.25) is 0 Å². The Hall–Kier alpha value is -2.51. The lowest BCUT2D eigenvalue weighted by Gasteiger charge is -2.39. The molecule has 1 aliphatic heterocycles. The van der Waals surface area contributed by atoms with Crippen LogP contribution in [-0.2, 0) is 0 Å². The number of nitriles is 1. The van der Waals surface area contributed by atoms with Gasteiger partial charge in [0.1, 0.15) is 11.8 Å². The van der Waals surface area contributed by atoms with Gasteiger partial charge in [-0.05, 0) is 61.7 Å². The molecule has 0 radical (unpaired) electrons. The van der Waals surface area contributed by atoms with E-state index in [9.17, 15) is 5.26 Å². The Morgan fingerprint density at radius 1 is 1.14 bits per heavy atom. The second-order valence-corrected chi connectivity index (χ2v) is 8.21. The van der Waals surface area contributed by atoms with E-state index in [-0.39, 0.29) is 0 Å². The van der Waals surface area contributed by atoms with Gasteiger partial charge in [0.05, 0.1) is 12.2 Å². The SMILES string of the molecule is CCCCN1CC[C@@H](c2ccc(N(C)C)cc2)[C@H](COc2ccccc2C#N)C1. The highest BCUT2D eigenvalue weighted by atomic mass is 16.5. The molecule has 154 valence electrons. The Morgan fingerprint density at radius 2 is 1.90 bits per heavy atom. The number of benzene rings is 2. The molecular formula is C25H33N3O. The molecule has 2 atom stereocenters. The average Bonchev–Trinajstić information content (AvgIpc) is 2.76. The van der Waals surface area contributed by atoms with E-state index in [1.807, 2.05) is 24.3 Å². The van der Waals surface area contributed by atoms with E-state index in [2.05, 4.69) is 61.2 Å². The number of hydrogen-bond donors (Lipinski definition) is 0. The largest absolute Gasteiger partial charge is 0.492 e. The number of ether oxygens (including phenoxy) is 1. The first-order valence-electron chi connectivity index (χ1n) is 10.7. The second kappa shape index (κ2) is 10.3. The highest BCUT2D eigenvalue weighted by Crippen LogP contribution is 2.35. The molecule has 1 saturated heterocycles. The van der Waals surface area contributed by atoms with Crippen LogP contribution in [0.3, 0.4) is 0 Å². The van der Waals surface area contributed by atoms with Crippen LogP contribution in [-0.4, -0.2) is 45.2 Å². The van der Waals surface area contributed by atoms with Gasteiger partial charge in [0.15, 0.2) is 0 Å². The van der Waals surface area contributed by atoms with E-state index < -0.39 is 0 Å². The number of likely N-dealkylation sites (tertiary alicyclic amines) is 1. The summed E-state index contributed by atoms with van der Waals surface area (Å²) in [5, 5.41) is 9.35. The third-order valence-corrected chi connectivity index (χ3v) is 5.94. The summed E-state index contributed by atoms with van der Waals surface area (Å²) in [6.07, 6.45) is 3.62. The highest BCUT2D eigenvalue weighted by Gasteiger charge is 2.31. The number of anilines is 1. The van der Waals surface area contributed by atoms with Crippen LogP contribution in [0.5, 0.6) is 5.75 Å².